The summed E-state index contributed by atoms with van der Waals surface area (Å²) in [6, 6.07) is 14.9. The lowest BCUT2D eigenvalue weighted by atomic mass is 9.77. The van der Waals surface area contributed by atoms with Gasteiger partial charge in [0.05, 0.1) is 25.1 Å². The third-order valence-electron chi connectivity index (χ3n) is 4.94. The summed E-state index contributed by atoms with van der Waals surface area (Å²) >= 11 is 0. The number of esters is 1. The van der Waals surface area contributed by atoms with Crippen LogP contribution < -0.4 is 9.64 Å². The molecule has 2 aliphatic heterocycles. The number of fused-ring (bicyclic) bond motifs is 2. The van der Waals surface area contributed by atoms with Gasteiger partial charge in [-0.15, -0.1) is 0 Å². The van der Waals surface area contributed by atoms with E-state index >= 15 is 0 Å². The van der Waals surface area contributed by atoms with Gasteiger partial charge in [0.1, 0.15) is 5.75 Å². The Morgan fingerprint density at radius 1 is 1.12 bits per heavy atom. The molecule has 24 heavy (non-hydrogen) atoms. The molecule has 0 aromatic heterocycles. The third-order valence-corrected chi connectivity index (χ3v) is 4.94. The highest BCUT2D eigenvalue weighted by molar-refractivity contribution is 6.09. The molecule has 0 bridgehead atoms. The fourth-order valence-electron chi connectivity index (χ4n) is 3.88. The van der Waals surface area contributed by atoms with Gasteiger partial charge in [0.25, 0.3) is 5.91 Å². The first-order chi connectivity index (χ1) is 11.6. The molecule has 2 heterocycles. The number of amides is 1. The maximum atomic E-state index is 13.1. The van der Waals surface area contributed by atoms with Crippen molar-refractivity contribution in [3.63, 3.8) is 0 Å². The van der Waals surface area contributed by atoms with Crippen LogP contribution in [0.4, 0.5) is 5.69 Å². The number of benzene rings is 2. The van der Waals surface area contributed by atoms with Crippen LogP contribution in [0.1, 0.15) is 23.5 Å². The van der Waals surface area contributed by atoms with E-state index < -0.39 is 11.5 Å². The molecule has 0 N–H and O–H groups in total. The van der Waals surface area contributed by atoms with E-state index in [1.807, 2.05) is 48.5 Å². The zero-order chi connectivity index (χ0) is 16.9. The minimum absolute atomic E-state index is 0.147. The van der Waals surface area contributed by atoms with Crippen LogP contribution in [0.2, 0.25) is 0 Å². The molecule has 1 saturated heterocycles. The second-order valence-electron chi connectivity index (χ2n) is 6.09. The summed E-state index contributed by atoms with van der Waals surface area (Å²) in [7, 11) is 3.29. The fourth-order valence-corrected chi connectivity index (χ4v) is 3.88. The Labute approximate surface area is 139 Å². The molecule has 2 aromatic carbocycles. The van der Waals surface area contributed by atoms with Gasteiger partial charge in [-0.25, -0.2) is 0 Å². The molecule has 1 fully saturated rings. The molecule has 122 valence electrons. The first-order valence-corrected chi connectivity index (χ1v) is 7.82. The number of hydrogen-bond acceptors (Lipinski definition) is 4. The highest BCUT2D eigenvalue weighted by Crippen LogP contribution is 2.56. The van der Waals surface area contributed by atoms with Crippen LogP contribution in [0.25, 0.3) is 0 Å². The molecule has 5 heteroatoms. The fraction of sp³-hybridized carbons (Fsp3) is 0.263. The third kappa shape index (κ3) is 1.75. The van der Waals surface area contributed by atoms with E-state index in [1.54, 1.807) is 19.1 Å². The van der Waals surface area contributed by atoms with Crippen LogP contribution in [0, 0.1) is 0 Å². The van der Waals surface area contributed by atoms with E-state index in [4.69, 9.17) is 9.47 Å². The molecule has 0 radical (unpaired) electrons. The molecule has 1 amide bonds. The van der Waals surface area contributed by atoms with Crippen molar-refractivity contribution < 1.29 is 19.1 Å². The number of rotatable bonds is 2. The molecule has 0 saturated carbocycles. The summed E-state index contributed by atoms with van der Waals surface area (Å²) in [5, 5.41) is 0. The highest BCUT2D eigenvalue weighted by Gasteiger charge is 2.62. The van der Waals surface area contributed by atoms with Gasteiger partial charge in [0.2, 0.25) is 5.60 Å². The summed E-state index contributed by atoms with van der Waals surface area (Å²) in [5.74, 6) is -0.352. The summed E-state index contributed by atoms with van der Waals surface area (Å²) in [4.78, 5) is 26.9. The largest absolute Gasteiger partial charge is 0.496 e. The van der Waals surface area contributed by atoms with Gasteiger partial charge in [-0.2, -0.15) is 0 Å². The van der Waals surface area contributed by atoms with Gasteiger partial charge in [-0.1, -0.05) is 36.4 Å². The number of carbonyl (C=O) groups is 2. The van der Waals surface area contributed by atoms with Crippen molar-refractivity contribution in [2.45, 2.75) is 17.9 Å². The van der Waals surface area contributed by atoms with Crippen molar-refractivity contribution in [1.82, 2.24) is 0 Å². The van der Waals surface area contributed by atoms with Gasteiger partial charge in [-0.05, 0) is 12.1 Å². The zero-order valence-corrected chi connectivity index (χ0v) is 13.5. The molecule has 2 aliphatic rings. The zero-order valence-electron chi connectivity index (χ0n) is 13.5. The number of hydrogen-bond donors (Lipinski definition) is 0. The van der Waals surface area contributed by atoms with Crippen molar-refractivity contribution >= 4 is 17.6 Å². The standard InChI is InChI=1S/C19H17NO4/c1-20-15-9-5-4-8-13(15)19(18(20)22)14(11-17(21)24-19)12-7-3-6-10-16(12)23-2/h3-10,14H,11H2,1-2H3. The first kappa shape index (κ1) is 14.8. The van der Waals surface area contributed by atoms with Gasteiger partial charge >= 0.3 is 5.97 Å². The second kappa shape index (κ2) is 5.09. The van der Waals surface area contributed by atoms with E-state index in [9.17, 15) is 9.59 Å². The molecule has 1 spiro atoms. The number of carbonyl (C=O) groups excluding carboxylic acids is 2. The monoisotopic (exact) mass is 323 g/mol. The van der Waals surface area contributed by atoms with E-state index in [-0.39, 0.29) is 18.3 Å². The number of anilines is 1. The van der Waals surface area contributed by atoms with Crippen LogP contribution in [0.3, 0.4) is 0 Å². The van der Waals surface area contributed by atoms with E-state index in [1.165, 1.54) is 0 Å². The lowest BCUT2D eigenvalue weighted by molar-refractivity contribution is -0.157. The Bertz CT molecular complexity index is 847. The number of para-hydroxylation sites is 2. The quantitative estimate of drug-likeness (QED) is 0.797. The van der Waals surface area contributed by atoms with Gasteiger partial charge in [0.15, 0.2) is 0 Å². The Morgan fingerprint density at radius 2 is 1.83 bits per heavy atom. The Hall–Kier alpha value is -2.82. The molecule has 4 rings (SSSR count). The number of nitrogens with zero attached hydrogens (tertiary/aromatic N) is 1. The van der Waals surface area contributed by atoms with E-state index in [2.05, 4.69) is 0 Å². The van der Waals surface area contributed by atoms with Crippen LogP contribution in [-0.2, 0) is 19.9 Å². The molecule has 5 nitrogen and oxygen atoms in total. The summed E-state index contributed by atoms with van der Waals surface area (Å²) < 4.78 is 11.2. The lowest BCUT2D eigenvalue weighted by Crippen LogP contribution is -2.42. The minimum Gasteiger partial charge on any atom is -0.496 e. The van der Waals surface area contributed by atoms with Crippen molar-refractivity contribution in [3.05, 3.63) is 59.7 Å². The highest BCUT2D eigenvalue weighted by atomic mass is 16.6. The van der Waals surface area contributed by atoms with Crippen molar-refractivity contribution in [1.29, 1.82) is 0 Å². The van der Waals surface area contributed by atoms with Crippen molar-refractivity contribution in [2.24, 2.45) is 0 Å². The minimum atomic E-state index is -1.31. The molecular weight excluding hydrogens is 306 g/mol. The summed E-state index contributed by atoms with van der Waals surface area (Å²) in [5.41, 5.74) is 1.01. The topological polar surface area (TPSA) is 55.8 Å². The predicted octanol–water partition coefficient (Wildman–Crippen LogP) is 2.60. The van der Waals surface area contributed by atoms with Gasteiger partial charge in [0, 0.05) is 18.2 Å². The predicted molar refractivity (Wildman–Crippen MR) is 88.0 cm³/mol. The normalized spacial score (nSPS) is 25.1. The average Bonchev–Trinajstić information content (AvgIpc) is 3.07. The maximum absolute atomic E-state index is 13.1. The van der Waals surface area contributed by atoms with Crippen molar-refractivity contribution in [3.8, 4) is 5.75 Å². The van der Waals surface area contributed by atoms with Gasteiger partial charge in [-0.3, -0.25) is 9.59 Å². The molecule has 2 atom stereocenters. The Morgan fingerprint density at radius 3 is 2.62 bits per heavy atom. The van der Waals surface area contributed by atoms with Crippen LogP contribution >= 0.6 is 0 Å². The SMILES string of the molecule is COc1ccccc1C1CC(=O)OC12C(=O)N(C)c1ccccc12. The molecule has 2 aromatic rings. The number of ether oxygens (including phenoxy) is 2. The average molecular weight is 323 g/mol. The first-order valence-electron chi connectivity index (χ1n) is 7.82. The maximum Gasteiger partial charge on any atom is 0.308 e. The Balaban J connectivity index is 1.96. The molecular formula is C19H17NO4. The lowest BCUT2D eigenvalue weighted by Gasteiger charge is -2.29. The number of methoxy groups -OCH3 is 1. The second-order valence-corrected chi connectivity index (χ2v) is 6.09. The van der Waals surface area contributed by atoms with Crippen LogP contribution in [-0.4, -0.2) is 26.0 Å². The molecule has 0 aliphatic carbocycles. The van der Waals surface area contributed by atoms with Gasteiger partial charge < -0.3 is 14.4 Å². The van der Waals surface area contributed by atoms with E-state index in [0.717, 1.165) is 16.8 Å². The smallest absolute Gasteiger partial charge is 0.308 e. The Kier molecular flexibility index (Phi) is 3.13. The van der Waals surface area contributed by atoms with E-state index in [0.29, 0.717) is 5.75 Å². The number of likely N-dealkylation sites (N-methyl/N-ethyl adjacent to an activating group) is 1. The van der Waals surface area contributed by atoms with Crippen molar-refractivity contribution in [2.75, 3.05) is 19.1 Å². The summed E-state index contributed by atoms with van der Waals surface area (Å²) in [6.45, 7) is 0. The summed E-state index contributed by atoms with van der Waals surface area (Å²) in [6.07, 6.45) is 0.147. The molecule has 2 unspecified atom stereocenters. The van der Waals surface area contributed by atoms with Crippen LogP contribution in [0.5, 0.6) is 5.75 Å². The van der Waals surface area contributed by atoms with Crippen LogP contribution in [0.15, 0.2) is 48.5 Å².